The predicted molar refractivity (Wildman–Crippen MR) is 95.1 cm³/mol. The predicted octanol–water partition coefficient (Wildman–Crippen LogP) is 4.85. The Labute approximate surface area is 130 Å². The molecule has 0 fully saturated rings. The minimum atomic E-state index is 1.20. The number of aromatic nitrogens is 1. The van der Waals surface area contributed by atoms with Gasteiger partial charge in [-0.2, -0.15) is 0 Å². The molecule has 4 aromatic rings. The van der Waals surface area contributed by atoms with Gasteiger partial charge in [0.1, 0.15) is 0 Å². The van der Waals surface area contributed by atoms with Crippen LogP contribution in [0.15, 0.2) is 72.8 Å². The van der Waals surface area contributed by atoms with Crippen molar-refractivity contribution in [1.29, 1.82) is 0 Å². The molecule has 0 unspecified atom stereocenters. The summed E-state index contributed by atoms with van der Waals surface area (Å²) in [6.07, 6.45) is 0. The van der Waals surface area contributed by atoms with Crippen molar-refractivity contribution in [2.45, 2.75) is 0 Å². The molecular formula is C20H18N2. The first-order valence-corrected chi connectivity index (χ1v) is 7.51. The lowest BCUT2D eigenvalue weighted by Gasteiger charge is -2.13. The summed E-state index contributed by atoms with van der Waals surface area (Å²) >= 11 is 0. The highest BCUT2D eigenvalue weighted by Crippen LogP contribution is 2.33. The lowest BCUT2D eigenvalue weighted by atomic mass is 10.1. The van der Waals surface area contributed by atoms with E-state index < -0.39 is 0 Å². The van der Waals surface area contributed by atoms with Gasteiger partial charge in [-0.15, -0.1) is 0 Å². The van der Waals surface area contributed by atoms with Crippen molar-refractivity contribution in [3.05, 3.63) is 72.8 Å². The molecule has 0 saturated heterocycles. The van der Waals surface area contributed by atoms with Crippen molar-refractivity contribution in [2.24, 2.45) is 0 Å². The minimum absolute atomic E-state index is 1.20. The maximum atomic E-state index is 2.34. The number of hydrogen-bond acceptors (Lipinski definition) is 1. The Morgan fingerprint density at radius 1 is 0.682 bits per heavy atom. The summed E-state index contributed by atoms with van der Waals surface area (Å²) in [5, 5.41) is 2.59. The fourth-order valence-corrected chi connectivity index (χ4v) is 3.09. The van der Waals surface area contributed by atoms with E-state index in [1.165, 1.54) is 33.2 Å². The lowest BCUT2D eigenvalue weighted by molar-refractivity contribution is 1.13. The summed E-state index contributed by atoms with van der Waals surface area (Å²) in [5.74, 6) is 0. The number of rotatable bonds is 2. The Hall–Kier alpha value is -2.74. The summed E-state index contributed by atoms with van der Waals surface area (Å²) in [6.45, 7) is 0. The molecule has 0 radical (unpaired) electrons. The van der Waals surface area contributed by atoms with Crippen molar-refractivity contribution in [3.8, 4) is 5.69 Å². The van der Waals surface area contributed by atoms with Gasteiger partial charge in [0.2, 0.25) is 0 Å². The van der Waals surface area contributed by atoms with E-state index in [2.05, 4.69) is 96.4 Å². The second kappa shape index (κ2) is 4.92. The zero-order valence-electron chi connectivity index (χ0n) is 12.8. The Balaban J connectivity index is 2.16. The number of nitrogens with zero attached hydrogens (tertiary/aromatic N) is 2. The number of anilines is 1. The van der Waals surface area contributed by atoms with E-state index in [0.717, 1.165) is 0 Å². The van der Waals surface area contributed by atoms with E-state index >= 15 is 0 Å². The summed E-state index contributed by atoms with van der Waals surface area (Å²) in [7, 11) is 4.16. The summed E-state index contributed by atoms with van der Waals surface area (Å²) < 4.78 is 2.34. The number of para-hydroxylation sites is 2. The van der Waals surface area contributed by atoms with Crippen LogP contribution in [0.3, 0.4) is 0 Å². The first-order valence-electron chi connectivity index (χ1n) is 7.51. The molecule has 0 amide bonds. The smallest absolute Gasteiger partial charge is 0.0561 e. The molecule has 0 N–H and O–H groups in total. The zero-order chi connectivity index (χ0) is 15.1. The molecule has 0 bridgehead atoms. The fraction of sp³-hybridized carbons (Fsp3) is 0.100. The molecule has 1 heterocycles. The van der Waals surface area contributed by atoms with Gasteiger partial charge < -0.3 is 9.47 Å². The molecule has 0 aliphatic carbocycles. The third kappa shape index (κ3) is 1.88. The Morgan fingerprint density at radius 2 is 1.36 bits per heavy atom. The monoisotopic (exact) mass is 286 g/mol. The second-order valence-corrected chi connectivity index (χ2v) is 5.78. The maximum absolute atomic E-state index is 2.34. The average Bonchev–Trinajstić information content (AvgIpc) is 2.89. The van der Waals surface area contributed by atoms with Crippen LogP contribution in [0.5, 0.6) is 0 Å². The van der Waals surface area contributed by atoms with Crippen LogP contribution in [-0.4, -0.2) is 18.7 Å². The SMILES string of the molecule is CN(C)c1ccc2c3ccccc3n(-c3ccccc3)c2c1. The van der Waals surface area contributed by atoms with Crippen LogP contribution in [0.4, 0.5) is 5.69 Å². The number of fused-ring (bicyclic) bond motifs is 3. The van der Waals surface area contributed by atoms with Crippen molar-refractivity contribution < 1.29 is 0 Å². The van der Waals surface area contributed by atoms with E-state index in [0.29, 0.717) is 0 Å². The van der Waals surface area contributed by atoms with Gasteiger partial charge in [0, 0.05) is 36.2 Å². The van der Waals surface area contributed by atoms with Crippen LogP contribution in [0.1, 0.15) is 0 Å². The Bertz CT molecular complexity index is 949. The zero-order valence-corrected chi connectivity index (χ0v) is 12.8. The van der Waals surface area contributed by atoms with Crippen molar-refractivity contribution >= 4 is 27.5 Å². The molecule has 22 heavy (non-hydrogen) atoms. The summed E-state index contributed by atoms with van der Waals surface area (Å²) in [5.41, 5.74) is 4.91. The van der Waals surface area contributed by atoms with Crippen molar-refractivity contribution in [1.82, 2.24) is 4.57 Å². The van der Waals surface area contributed by atoms with Crippen LogP contribution in [0, 0.1) is 0 Å². The van der Waals surface area contributed by atoms with Gasteiger partial charge in [0.05, 0.1) is 11.0 Å². The van der Waals surface area contributed by atoms with Crippen molar-refractivity contribution in [3.63, 3.8) is 0 Å². The van der Waals surface area contributed by atoms with E-state index in [1.54, 1.807) is 0 Å². The maximum Gasteiger partial charge on any atom is 0.0561 e. The van der Waals surface area contributed by atoms with E-state index in [4.69, 9.17) is 0 Å². The highest BCUT2D eigenvalue weighted by atomic mass is 15.1. The first kappa shape index (κ1) is 13.0. The van der Waals surface area contributed by atoms with E-state index in [-0.39, 0.29) is 0 Å². The molecule has 1 aromatic heterocycles. The van der Waals surface area contributed by atoms with Gasteiger partial charge in [-0.1, -0.05) is 42.5 Å². The van der Waals surface area contributed by atoms with Crippen LogP contribution in [0.2, 0.25) is 0 Å². The van der Waals surface area contributed by atoms with E-state index in [1.807, 2.05) is 0 Å². The Morgan fingerprint density at radius 3 is 2.14 bits per heavy atom. The van der Waals surface area contributed by atoms with Crippen LogP contribution in [-0.2, 0) is 0 Å². The molecule has 0 atom stereocenters. The molecule has 0 aliphatic heterocycles. The number of hydrogen-bond donors (Lipinski definition) is 0. The average molecular weight is 286 g/mol. The van der Waals surface area contributed by atoms with Crippen molar-refractivity contribution in [2.75, 3.05) is 19.0 Å². The molecule has 4 rings (SSSR count). The lowest BCUT2D eigenvalue weighted by Crippen LogP contribution is -2.08. The number of benzene rings is 3. The van der Waals surface area contributed by atoms with Crippen LogP contribution < -0.4 is 4.90 Å². The molecule has 3 aromatic carbocycles. The topological polar surface area (TPSA) is 8.17 Å². The Kier molecular flexibility index (Phi) is 2.90. The fourth-order valence-electron chi connectivity index (χ4n) is 3.09. The highest BCUT2D eigenvalue weighted by Gasteiger charge is 2.12. The van der Waals surface area contributed by atoms with Gasteiger partial charge in [0.15, 0.2) is 0 Å². The van der Waals surface area contributed by atoms with Crippen LogP contribution in [0.25, 0.3) is 27.5 Å². The van der Waals surface area contributed by atoms with Gasteiger partial charge in [-0.05, 0) is 30.3 Å². The first-order chi connectivity index (χ1) is 10.8. The third-order valence-corrected chi connectivity index (χ3v) is 4.19. The van der Waals surface area contributed by atoms with E-state index in [9.17, 15) is 0 Å². The standard InChI is InChI=1S/C20H18N2/c1-21(2)16-12-13-18-17-10-6-7-11-19(17)22(20(18)14-16)15-8-4-3-5-9-15/h3-14H,1-2H3. The molecular weight excluding hydrogens is 268 g/mol. The minimum Gasteiger partial charge on any atom is -0.378 e. The quantitative estimate of drug-likeness (QED) is 0.511. The molecule has 2 heteroatoms. The highest BCUT2D eigenvalue weighted by molar-refractivity contribution is 6.10. The molecule has 2 nitrogen and oxygen atoms in total. The molecule has 0 spiro atoms. The van der Waals surface area contributed by atoms with Gasteiger partial charge >= 0.3 is 0 Å². The van der Waals surface area contributed by atoms with Gasteiger partial charge in [-0.25, -0.2) is 0 Å². The second-order valence-electron chi connectivity index (χ2n) is 5.78. The van der Waals surface area contributed by atoms with Crippen LogP contribution >= 0.6 is 0 Å². The normalized spacial score (nSPS) is 11.2. The van der Waals surface area contributed by atoms with Gasteiger partial charge in [0.25, 0.3) is 0 Å². The third-order valence-electron chi connectivity index (χ3n) is 4.19. The molecule has 0 aliphatic rings. The molecule has 108 valence electrons. The summed E-state index contributed by atoms with van der Waals surface area (Å²) in [4.78, 5) is 2.15. The summed E-state index contributed by atoms with van der Waals surface area (Å²) in [6, 6.07) is 25.8. The van der Waals surface area contributed by atoms with Gasteiger partial charge in [-0.3, -0.25) is 0 Å². The molecule has 0 saturated carbocycles. The largest absolute Gasteiger partial charge is 0.378 e.